The third-order valence-electron chi connectivity index (χ3n) is 4.79. The Morgan fingerprint density at radius 2 is 1.82 bits per heavy atom. The Labute approximate surface area is 224 Å². The lowest BCUT2D eigenvalue weighted by molar-refractivity contribution is -0.137. The summed E-state index contributed by atoms with van der Waals surface area (Å²) in [5.74, 6) is -0.0225. The molecule has 0 fully saturated rings. The van der Waals surface area contributed by atoms with E-state index in [4.69, 9.17) is 30.5 Å². The Morgan fingerprint density at radius 3 is 2.39 bits per heavy atom. The molecule has 1 heterocycles. The van der Waals surface area contributed by atoms with Crippen LogP contribution in [0, 0.1) is 0 Å². The fourth-order valence-electron chi connectivity index (χ4n) is 3.03. The largest absolute Gasteiger partial charge is 0.491 e. The van der Waals surface area contributed by atoms with Crippen molar-refractivity contribution in [2.24, 2.45) is 0 Å². The molecule has 212 valence electrons. The molecule has 0 bridgehead atoms. The number of carbonyl (C=O) groups is 1. The van der Waals surface area contributed by atoms with Gasteiger partial charge in [0.1, 0.15) is 29.7 Å². The molecule has 15 heteroatoms. The second-order valence-corrected chi connectivity index (χ2v) is 9.88. The van der Waals surface area contributed by atoms with Crippen LogP contribution in [0.15, 0.2) is 30.5 Å². The standard InChI is InChI=1S/C23H29ClF3N3O7S/c1-4-8-30(9-5-2)38(32,33)29-22(31)36-15-16-6-7-18(35-11-10-34-3)13-20(16)37-21-19(24)12-17(14-28-21)23(25,26)27/h6-7,12-14H,4-5,8-11,15H2,1-3H3,(H,29,31). The van der Waals surface area contributed by atoms with Crippen LogP contribution in [0.4, 0.5) is 18.0 Å². The van der Waals surface area contributed by atoms with Crippen molar-refractivity contribution in [3.63, 3.8) is 0 Å². The number of benzene rings is 1. The van der Waals surface area contributed by atoms with Crippen LogP contribution in [0.2, 0.25) is 5.02 Å². The molecule has 38 heavy (non-hydrogen) atoms. The van der Waals surface area contributed by atoms with E-state index in [0.717, 1.165) is 4.31 Å². The van der Waals surface area contributed by atoms with Gasteiger partial charge in [-0.15, -0.1) is 0 Å². The number of hydrogen-bond acceptors (Lipinski definition) is 8. The number of nitrogens with one attached hydrogen (secondary N) is 1. The van der Waals surface area contributed by atoms with E-state index in [1.165, 1.54) is 25.3 Å². The Bertz CT molecular complexity index is 1180. The first-order valence-corrected chi connectivity index (χ1v) is 13.3. The van der Waals surface area contributed by atoms with Gasteiger partial charge in [0.05, 0.1) is 12.2 Å². The number of halogens is 4. The summed E-state index contributed by atoms with van der Waals surface area (Å²) in [4.78, 5) is 15.9. The number of rotatable bonds is 14. The van der Waals surface area contributed by atoms with E-state index < -0.39 is 39.7 Å². The maximum absolute atomic E-state index is 13.0. The summed E-state index contributed by atoms with van der Waals surface area (Å²) in [6.45, 7) is 4.08. The average molecular weight is 584 g/mol. The van der Waals surface area contributed by atoms with E-state index in [1.807, 2.05) is 4.72 Å². The van der Waals surface area contributed by atoms with Gasteiger partial charge in [-0.2, -0.15) is 25.9 Å². The SMILES string of the molecule is CCCN(CCC)S(=O)(=O)NC(=O)OCc1ccc(OCCOC)cc1Oc1ncc(C(F)(F)F)cc1Cl. The number of amides is 1. The van der Waals surface area contributed by atoms with Crippen LogP contribution in [0.25, 0.3) is 0 Å². The predicted molar refractivity (Wildman–Crippen MR) is 133 cm³/mol. The number of pyridine rings is 1. The van der Waals surface area contributed by atoms with Gasteiger partial charge in [0.25, 0.3) is 0 Å². The van der Waals surface area contributed by atoms with Crippen molar-refractivity contribution in [1.29, 1.82) is 0 Å². The number of methoxy groups -OCH3 is 1. The van der Waals surface area contributed by atoms with Crippen molar-refractivity contribution < 1.29 is 45.3 Å². The quantitative estimate of drug-likeness (QED) is 0.303. The van der Waals surface area contributed by atoms with Crippen molar-refractivity contribution >= 4 is 27.9 Å². The first-order valence-electron chi connectivity index (χ1n) is 11.5. The molecule has 0 aliphatic rings. The molecule has 1 aromatic heterocycles. The zero-order valence-corrected chi connectivity index (χ0v) is 22.6. The third-order valence-corrected chi connectivity index (χ3v) is 6.53. The summed E-state index contributed by atoms with van der Waals surface area (Å²) in [5.41, 5.74) is -0.832. The molecule has 10 nitrogen and oxygen atoms in total. The number of hydrogen-bond donors (Lipinski definition) is 1. The highest BCUT2D eigenvalue weighted by Gasteiger charge is 2.32. The summed E-state index contributed by atoms with van der Waals surface area (Å²) in [7, 11) is -2.63. The van der Waals surface area contributed by atoms with Crippen LogP contribution >= 0.6 is 11.6 Å². The molecule has 0 unspecified atom stereocenters. The minimum atomic E-state index is -4.65. The van der Waals surface area contributed by atoms with Crippen LogP contribution in [0.5, 0.6) is 17.4 Å². The molecule has 0 saturated carbocycles. The smallest absolute Gasteiger partial charge is 0.422 e. The van der Waals surface area contributed by atoms with E-state index >= 15 is 0 Å². The van der Waals surface area contributed by atoms with Gasteiger partial charge in [0.15, 0.2) is 0 Å². The molecule has 2 aromatic rings. The molecule has 0 spiro atoms. The van der Waals surface area contributed by atoms with E-state index in [2.05, 4.69) is 4.98 Å². The van der Waals surface area contributed by atoms with E-state index in [-0.39, 0.29) is 43.5 Å². The van der Waals surface area contributed by atoms with Crippen LogP contribution in [-0.2, 0) is 32.5 Å². The van der Waals surface area contributed by atoms with Gasteiger partial charge in [-0.25, -0.2) is 14.5 Å². The summed E-state index contributed by atoms with van der Waals surface area (Å²) < 4.78 is 88.0. The van der Waals surface area contributed by atoms with Gasteiger partial charge in [0.2, 0.25) is 5.88 Å². The zero-order valence-electron chi connectivity index (χ0n) is 21.0. The molecule has 0 atom stereocenters. The van der Waals surface area contributed by atoms with Crippen LogP contribution in [0.1, 0.15) is 37.8 Å². The number of alkyl halides is 3. The van der Waals surface area contributed by atoms with Crippen LogP contribution in [0.3, 0.4) is 0 Å². The number of nitrogens with zero attached hydrogens (tertiary/aromatic N) is 2. The van der Waals surface area contributed by atoms with Crippen molar-refractivity contribution in [3.8, 4) is 17.4 Å². The molecule has 0 aliphatic heterocycles. The summed E-state index contributed by atoms with van der Waals surface area (Å²) in [5, 5.41) is -0.409. The van der Waals surface area contributed by atoms with Gasteiger partial charge in [0, 0.05) is 38.0 Å². The molecular weight excluding hydrogens is 555 g/mol. The van der Waals surface area contributed by atoms with Crippen molar-refractivity contribution in [2.75, 3.05) is 33.4 Å². The highest BCUT2D eigenvalue weighted by Crippen LogP contribution is 2.36. The Kier molecular flexibility index (Phi) is 11.9. The Morgan fingerprint density at radius 1 is 1.13 bits per heavy atom. The molecule has 0 radical (unpaired) electrons. The monoisotopic (exact) mass is 583 g/mol. The summed E-state index contributed by atoms with van der Waals surface area (Å²) in [6, 6.07) is 5.05. The average Bonchev–Trinajstić information content (AvgIpc) is 2.84. The van der Waals surface area contributed by atoms with Crippen LogP contribution in [-0.4, -0.2) is 57.2 Å². The molecule has 0 saturated heterocycles. The second kappa shape index (κ2) is 14.4. The number of carbonyl (C=O) groups excluding carboxylic acids is 1. The topological polar surface area (TPSA) is 116 Å². The second-order valence-electron chi connectivity index (χ2n) is 7.80. The molecule has 1 amide bonds. The van der Waals surface area contributed by atoms with Gasteiger partial charge in [-0.3, -0.25) is 0 Å². The van der Waals surface area contributed by atoms with Crippen molar-refractivity contribution in [2.45, 2.75) is 39.5 Å². The Balaban J connectivity index is 2.23. The minimum absolute atomic E-state index is 0.00308. The predicted octanol–water partition coefficient (Wildman–Crippen LogP) is 5.16. The molecule has 1 aromatic carbocycles. The first-order chi connectivity index (χ1) is 17.9. The Hall–Kier alpha value is -2.81. The normalized spacial score (nSPS) is 11.9. The zero-order chi connectivity index (χ0) is 28.3. The first kappa shape index (κ1) is 31.4. The van der Waals surface area contributed by atoms with Crippen LogP contribution < -0.4 is 14.2 Å². The van der Waals surface area contributed by atoms with Gasteiger partial charge in [-0.05, 0) is 31.0 Å². The lowest BCUT2D eigenvalue weighted by atomic mass is 10.2. The third kappa shape index (κ3) is 9.49. The fourth-order valence-corrected chi connectivity index (χ4v) is 4.48. The van der Waals surface area contributed by atoms with E-state index in [0.29, 0.717) is 30.9 Å². The molecular formula is C23H29ClF3N3O7S. The minimum Gasteiger partial charge on any atom is -0.491 e. The van der Waals surface area contributed by atoms with Crippen molar-refractivity contribution in [3.05, 3.63) is 46.6 Å². The fraction of sp³-hybridized carbons (Fsp3) is 0.478. The number of ether oxygens (including phenoxy) is 4. The van der Waals surface area contributed by atoms with Gasteiger partial charge < -0.3 is 18.9 Å². The van der Waals surface area contributed by atoms with Gasteiger partial charge >= 0.3 is 22.5 Å². The van der Waals surface area contributed by atoms with Gasteiger partial charge in [-0.1, -0.05) is 25.4 Å². The molecule has 1 N–H and O–H groups in total. The summed E-state index contributed by atoms with van der Waals surface area (Å²) in [6.07, 6.45) is -4.21. The maximum Gasteiger partial charge on any atom is 0.422 e. The molecule has 2 rings (SSSR count). The lowest BCUT2D eigenvalue weighted by Crippen LogP contribution is -2.44. The maximum atomic E-state index is 13.0. The number of aromatic nitrogens is 1. The summed E-state index contributed by atoms with van der Waals surface area (Å²) >= 11 is 5.96. The highest BCUT2D eigenvalue weighted by molar-refractivity contribution is 7.87. The van der Waals surface area contributed by atoms with E-state index in [9.17, 15) is 26.4 Å². The lowest BCUT2D eigenvalue weighted by Gasteiger charge is -2.21. The van der Waals surface area contributed by atoms with Crippen molar-refractivity contribution in [1.82, 2.24) is 14.0 Å². The molecule has 0 aliphatic carbocycles. The highest BCUT2D eigenvalue weighted by atomic mass is 35.5. The van der Waals surface area contributed by atoms with E-state index in [1.54, 1.807) is 13.8 Å².